The zero-order valence-corrected chi connectivity index (χ0v) is 10.8. The van der Waals surface area contributed by atoms with Crippen LogP contribution in [0.15, 0.2) is 0 Å². The smallest absolute Gasteiger partial charge is 0.0237 e. The van der Waals surface area contributed by atoms with Crippen molar-refractivity contribution in [3.63, 3.8) is 0 Å². The minimum absolute atomic E-state index is 0.732. The molecule has 1 aliphatic rings. The summed E-state index contributed by atoms with van der Waals surface area (Å²) in [4.78, 5) is 0. The first-order chi connectivity index (χ1) is 7.88. The van der Waals surface area contributed by atoms with Gasteiger partial charge in [0.1, 0.15) is 0 Å². The van der Waals surface area contributed by atoms with Gasteiger partial charge < -0.3 is 21.3 Å². The molecule has 0 radical (unpaired) electrons. The summed E-state index contributed by atoms with van der Waals surface area (Å²) in [5, 5.41) is 13.7. The number of nitrogens with one attached hydrogen (secondary N) is 4. The van der Waals surface area contributed by atoms with Crippen LogP contribution in [-0.2, 0) is 0 Å². The SMILES string of the molecule is CCNCCCNC1CC1NCCCNC. The first-order valence-electron chi connectivity index (χ1n) is 6.70. The average molecular weight is 228 g/mol. The lowest BCUT2D eigenvalue weighted by molar-refractivity contribution is 0.562. The molecular weight excluding hydrogens is 200 g/mol. The maximum Gasteiger partial charge on any atom is 0.0237 e. The second kappa shape index (κ2) is 8.93. The Balaban J connectivity index is 1.79. The molecule has 4 N–H and O–H groups in total. The van der Waals surface area contributed by atoms with Crippen LogP contribution in [-0.4, -0.2) is 51.9 Å². The highest BCUT2D eigenvalue weighted by atomic mass is 15.1. The van der Waals surface area contributed by atoms with Crippen LogP contribution in [0.2, 0.25) is 0 Å². The summed E-state index contributed by atoms with van der Waals surface area (Å²) in [7, 11) is 2.01. The van der Waals surface area contributed by atoms with Gasteiger partial charge in [-0.05, 0) is 59.0 Å². The van der Waals surface area contributed by atoms with E-state index in [1.165, 1.54) is 19.3 Å². The molecule has 0 heterocycles. The van der Waals surface area contributed by atoms with Crippen LogP contribution in [0, 0.1) is 0 Å². The van der Waals surface area contributed by atoms with Crippen molar-refractivity contribution < 1.29 is 0 Å². The van der Waals surface area contributed by atoms with E-state index in [1.54, 1.807) is 0 Å². The van der Waals surface area contributed by atoms with E-state index in [1.807, 2.05) is 7.05 Å². The van der Waals surface area contributed by atoms with E-state index < -0.39 is 0 Å². The molecule has 4 nitrogen and oxygen atoms in total. The van der Waals surface area contributed by atoms with Gasteiger partial charge in [-0.3, -0.25) is 0 Å². The van der Waals surface area contributed by atoms with Gasteiger partial charge in [0.05, 0.1) is 0 Å². The largest absolute Gasteiger partial charge is 0.320 e. The molecule has 2 unspecified atom stereocenters. The third-order valence-corrected chi connectivity index (χ3v) is 2.99. The van der Waals surface area contributed by atoms with E-state index in [-0.39, 0.29) is 0 Å². The molecule has 1 aliphatic carbocycles. The fourth-order valence-electron chi connectivity index (χ4n) is 1.88. The van der Waals surface area contributed by atoms with Gasteiger partial charge >= 0.3 is 0 Å². The summed E-state index contributed by atoms with van der Waals surface area (Å²) in [6.07, 6.45) is 3.76. The van der Waals surface area contributed by atoms with E-state index in [4.69, 9.17) is 0 Å². The topological polar surface area (TPSA) is 48.1 Å². The van der Waals surface area contributed by atoms with Crippen molar-refractivity contribution in [1.82, 2.24) is 21.3 Å². The lowest BCUT2D eigenvalue weighted by Gasteiger charge is -2.06. The molecule has 0 amide bonds. The van der Waals surface area contributed by atoms with Gasteiger partial charge in [0.25, 0.3) is 0 Å². The van der Waals surface area contributed by atoms with Gasteiger partial charge in [0, 0.05) is 12.1 Å². The van der Waals surface area contributed by atoms with Crippen molar-refractivity contribution in [3.8, 4) is 0 Å². The molecule has 0 bridgehead atoms. The normalized spacial score (nSPS) is 23.6. The van der Waals surface area contributed by atoms with E-state index in [9.17, 15) is 0 Å². The van der Waals surface area contributed by atoms with Gasteiger partial charge in [-0.15, -0.1) is 0 Å². The summed E-state index contributed by atoms with van der Waals surface area (Å²) in [6, 6.07) is 1.47. The first-order valence-corrected chi connectivity index (χ1v) is 6.70. The summed E-state index contributed by atoms with van der Waals surface area (Å²) in [5.41, 5.74) is 0. The maximum atomic E-state index is 3.59. The fraction of sp³-hybridized carbons (Fsp3) is 1.00. The summed E-state index contributed by atoms with van der Waals surface area (Å²) in [5.74, 6) is 0. The molecule has 0 aliphatic heterocycles. The summed E-state index contributed by atoms with van der Waals surface area (Å²) in [6.45, 7) is 7.77. The van der Waals surface area contributed by atoms with E-state index in [0.717, 1.165) is 44.8 Å². The Morgan fingerprint density at radius 1 is 0.938 bits per heavy atom. The van der Waals surface area contributed by atoms with Crippen molar-refractivity contribution >= 4 is 0 Å². The molecule has 2 atom stereocenters. The molecule has 1 saturated carbocycles. The van der Waals surface area contributed by atoms with Gasteiger partial charge in [-0.2, -0.15) is 0 Å². The number of hydrogen-bond donors (Lipinski definition) is 4. The fourth-order valence-corrected chi connectivity index (χ4v) is 1.88. The van der Waals surface area contributed by atoms with Crippen LogP contribution in [0.1, 0.15) is 26.2 Å². The van der Waals surface area contributed by atoms with Crippen molar-refractivity contribution in [1.29, 1.82) is 0 Å². The zero-order chi connectivity index (χ0) is 11.6. The Kier molecular flexibility index (Phi) is 7.76. The Bertz CT molecular complexity index is 163. The highest BCUT2D eigenvalue weighted by molar-refractivity contribution is 4.99. The van der Waals surface area contributed by atoms with Gasteiger partial charge in [-0.25, -0.2) is 0 Å². The highest BCUT2D eigenvalue weighted by Crippen LogP contribution is 2.20. The first kappa shape index (κ1) is 13.9. The quantitative estimate of drug-likeness (QED) is 0.374. The van der Waals surface area contributed by atoms with Crippen LogP contribution < -0.4 is 21.3 Å². The van der Waals surface area contributed by atoms with Crippen molar-refractivity contribution in [2.24, 2.45) is 0 Å². The Morgan fingerprint density at radius 2 is 1.56 bits per heavy atom. The Labute approximate surface area is 99.9 Å². The third-order valence-electron chi connectivity index (χ3n) is 2.99. The monoisotopic (exact) mass is 228 g/mol. The average Bonchev–Trinajstić information content (AvgIpc) is 3.03. The molecule has 0 aromatic heterocycles. The Hall–Kier alpha value is -0.160. The van der Waals surface area contributed by atoms with Crippen LogP contribution in [0.5, 0.6) is 0 Å². The molecule has 16 heavy (non-hydrogen) atoms. The predicted octanol–water partition coefficient (Wildman–Crippen LogP) is -0.0844. The van der Waals surface area contributed by atoms with E-state index in [2.05, 4.69) is 28.2 Å². The van der Waals surface area contributed by atoms with Gasteiger partial charge in [-0.1, -0.05) is 6.92 Å². The molecule has 1 fully saturated rings. The van der Waals surface area contributed by atoms with Crippen LogP contribution in [0.4, 0.5) is 0 Å². The van der Waals surface area contributed by atoms with Crippen molar-refractivity contribution in [3.05, 3.63) is 0 Å². The van der Waals surface area contributed by atoms with Crippen LogP contribution in [0.25, 0.3) is 0 Å². The second-order valence-electron chi connectivity index (χ2n) is 4.52. The minimum Gasteiger partial charge on any atom is -0.320 e. The van der Waals surface area contributed by atoms with Gasteiger partial charge in [0.2, 0.25) is 0 Å². The molecule has 0 aromatic carbocycles. The Morgan fingerprint density at radius 3 is 2.12 bits per heavy atom. The number of hydrogen-bond acceptors (Lipinski definition) is 4. The predicted molar refractivity (Wildman–Crippen MR) is 69.9 cm³/mol. The molecule has 0 aromatic rings. The maximum absolute atomic E-state index is 3.59. The lowest BCUT2D eigenvalue weighted by atomic mass is 10.4. The van der Waals surface area contributed by atoms with E-state index in [0.29, 0.717) is 0 Å². The standard InChI is InChI=1S/C12H28N4/c1-3-14-7-5-9-16-12-10-11(12)15-8-4-6-13-2/h11-16H,3-10H2,1-2H3. The van der Waals surface area contributed by atoms with Gasteiger partial charge in [0.15, 0.2) is 0 Å². The highest BCUT2D eigenvalue weighted by Gasteiger charge is 2.35. The summed E-state index contributed by atoms with van der Waals surface area (Å²) < 4.78 is 0. The molecular formula is C12H28N4. The molecule has 0 spiro atoms. The molecule has 96 valence electrons. The number of rotatable bonds is 11. The zero-order valence-electron chi connectivity index (χ0n) is 10.8. The van der Waals surface area contributed by atoms with Crippen molar-refractivity contribution in [2.75, 3.05) is 39.8 Å². The van der Waals surface area contributed by atoms with Crippen LogP contribution >= 0.6 is 0 Å². The van der Waals surface area contributed by atoms with Crippen LogP contribution in [0.3, 0.4) is 0 Å². The summed E-state index contributed by atoms with van der Waals surface area (Å²) >= 11 is 0. The van der Waals surface area contributed by atoms with E-state index >= 15 is 0 Å². The second-order valence-corrected chi connectivity index (χ2v) is 4.52. The molecule has 1 rings (SSSR count). The lowest BCUT2D eigenvalue weighted by Crippen LogP contribution is -2.30. The molecule has 0 saturated heterocycles. The molecule has 4 heteroatoms. The third kappa shape index (κ3) is 6.43. The van der Waals surface area contributed by atoms with Crippen molar-refractivity contribution in [2.45, 2.75) is 38.3 Å². The minimum atomic E-state index is 0.732.